The second-order valence-electron chi connectivity index (χ2n) is 7.05. The molecule has 132 valence electrons. The number of hydrogen-bond donors (Lipinski definition) is 2. The van der Waals surface area contributed by atoms with E-state index < -0.39 is 17.8 Å². The van der Waals surface area contributed by atoms with E-state index in [-0.39, 0.29) is 17.7 Å². The van der Waals surface area contributed by atoms with E-state index in [1.54, 1.807) is 25.3 Å². The van der Waals surface area contributed by atoms with E-state index in [4.69, 9.17) is 9.47 Å². The number of amides is 1. The van der Waals surface area contributed by atoms with Crippen molar-refractivity contribution in [3.8, 4) is 11.5 Å². The van der Waals surface area contributed by atoms with Gasteiger partial charge in [-0.25, -0.2) is 0 Å². The molecule has 0 aromatic heterocycles. The molecule has 2 bridgehead atoms. The van der Waals surface area contributed by atoms with Gasteiger partial charge in [-0.15, -0.1) is 0 Å². The molecular formula is C19H21NO5. The van der Waals surface area contributed by atoms with Gasteiger partial charge < -0.3 is 19.9 Å². The van der Waals surface area contributed by atoms with E-state index in [2.05, 4.69) is 5.32 Å². The molecule has 5 rings (SSSR count). The van der Waals surface area contributed by atoms with Crippen LogP contribution >= 0.6 is 0 Å². The predicted octanol–water partition coefficient (Wildman–Crippen LogP) is 2.41. The van der Waals surface area contributed by atoms with E-state index in [1.807, 2.05) is 12.2 Å². The Kier molecular flexibility index (Phi) is 3.71. The summed E-state index contributed by atoms with van der Waals surface area (Å²) in [6, 6.07) is 5.13. The van der Waals surface area contributed by atoms with Gasteiger partial charge in [-0.2, -0.15) is 0 Å². The van der Waals surface area contributed by atoms with Crippen molar-refractivity contribution in [2.24, 2.45) is 35.5 Å². The number of aliphatic carboxylic acids is 1. The molecule has 6 heteroatoms. The summed E-state index contributed by atoms with van der Waals surface area (Å²) >= 11 is 0. The summed E-state index contributed by atoms with van der Waals surface area (Å²) < 4.78 is 10.5. The van der Waals surface area contributed by atoms with Gasteiger partial charge in [-0.05, 0) is 42.2 Å². The van der Waals surface area contributed by atoms with Crippen molar-refractivity contribution in [1.82, 2.24) is 0 Å². The van der Waals surface area contributed by atoms with Gasteiger partial charge in [0.05, 0.1) is 31.7 Å². The van der Waals surface area contributed by atoms with Crippen molar-refractivity contribution in [2.45, 2.75) is 6.42 Å². The Bertz CT molecular complexity index is 758. The van der Waals surface area contributed by atoms with Crippen molar-refractivity contribution in [3.63, 3.8) is 0 Å². The van der Waals surface area contributed by atoms with Gasteiger partial charge in [0, 0.05) is 6.07 Å². The van der Waals surface area contributed by atoms with Gasteiger partial charge in [0.25, 0.3) is 0 Å². The summed E-state index contributed by atoms with van der Waals surface area (Å²) in [6.45, 7) is 0. The summed E-state index contributed by atoms with van der Waals surface area (Å²) in [7, 11) is 3.08. The van der Waals surface area contributed by atoms with Gasteiger partial charge in [-0.1, -0.05) is 12.2 Å². The maximum Gasteiger partial charge on any atom is 0.307 e. The van der Waals surface area contributed by atoms with Crippen molar-refractivity contribution < 1.29 is 24.2 Å². The summed E-state index contributed by atoms with van der Waals surface area (Å²) in [5.41, 5.74) is 0.523. The van der Waals surface area contributed by atoms with Gasteiger partial charge in [0.15, 0.2) is 0 Å². The number of carboxylic acid groups (broad SMARTS) is 1. The van der Waals surface area contributed by atoms with Gasteiger partial charge in [0.1, 0.15) is 11.5 Å². The van der Waals surface area contributed by atoms with Crippen molar-refractivity contribution in [3.05, 3.63) is 30.4 Å². The number of benzene rings is 1. The number of anilines is 1. The molecule has 2 N–H and O–H groups in total. The Balaban J connectivity index is 1.60. The Morgan fingerprint density at radius 3 is 2.36 bits per heavy atom. The molecule has 0 unspecified atom stereocenters. The van der Waals surface area contributed by atoms with Gasteiger partial charge >= 0.3 is 5.97 Å². The van der Waals surface area contributed by atoms with Crippen molar-refractivity contribution in [2.75, 3.05) is 19.5 Å². The lowest BCUT2D eigenvalue weighted by Crippen LogP contribution is -2.48. The van der Waals surface area contributed by atoms with Crippen LogP contribution in [0, 0.1) is 35.5 Å². The Morgan fingerprint density at radius 2 is 1.76 bits per heavy atom. The maximum absolute atomic E-state index is 13.0. The zero-order valence-corrected chi connectivity index (χ0v) is 14.1. The van der Waals surface area contributed by atoms with Crippen LogP contribution in [0.1, 0.15) is 6.42 Å². The van der Waals surface area contributed by atoms with E-state index in [9.17, 15) is 14.7 Å². The first-order valence-electron chi connectivity index (χ1n) is 8.49. The fourth-order valence-corrected chi connectivity index (χ4v) is 4.69. The minimum atomic E-state index is -0.883. The zero-order valence-electron chi connectivity index (χ0n) is 14.1. The first kappa shape index (κ1) is 16.0. The molecule has 25 heavy (non-hydrogen) atoms. The van der Waals surface area contributed by atoms with Crippen LogP contribution in [-0.4, -0.2) is 31.2 Å². The average molecular weight is 343 g/mol. The highest BCUT2D eigenvalue weighted by Gasteiger charge is 2.63. The van der Waals surface area contributed by atoms with Gasteiger partial charge in [-0.3, -0.25) is 9.59 Å². The SMILES string of the molecule is COc1ccc(NC(=O)[C@@H]2[C@H]3C=C[C@@H]([C@@H]4C[C@H]34)[C@H]2C(=O)O)c(OC)c1. The molecule has 1 aromatic carbocycles. The summed E-state index contributed by atoms with van der Waals surface area (Å²) in [4.78, 5) is 24.8. The lowest BCUT2D eigenvalue weighted by molar-refractivity contribution is -0.152. The van der Waals surface area contributed by atoms with Gasteiger partial charge in [0.2, 0.25) is 5.91 Å². The smallest absolute Gasteiger partial charge is 0.307 e. The Hall–Kier alpha value is -2.50. The van der Waals surface area contributed by atoms with Crippen LogP contribution in [0.15, 0.2) is 30.4 Å². The fraction of sp³-hybridized carbons (Fsp3) is 0.474. The van der Waals surface area contributed by atoms with Crippen LogP contribution in [0.4, 0.5) is 5.69 Å². The van der Waals surface area contributed by atoms with Crippen LogP contribution in [0.5, 0.6) is 11.5 Å². The van der Waals surface area contributed by atoms with E-state index in [1.165, 1.54) is 7.11 Å². The topological polar surface area (TPSA) is 84.9 Å². The van der Waals surface area contributed by atoms with Crippen LogP contribution in [0.2, 0.25) is 0 Å². The standard InChI is InChI=1S/C19H21NO5/c1-24-9-3-6-14(15(7-9)25-2)20-18(21)16-10-4-5-11(13-8-12(10)13)17(16)19(22)23/h3-7,10-13,16-17H,8H2,1-2H3,(H,20,21)(H,22,23)/t10-,11-,12+,13-,16+,17+/m0/s1. The highest BCUT2D eigenvalue weighted by molar-refractivity contribution is 5.97. The molecule has 1 amide bonds. The molecule has 4 aliphatic carbocycles. The van der Waals surface area contributed by atoms with Crippen molar-refractivity contribution in [1.29, 1.82) is 0 Å². The second-order valence-corrected chi connectivity index (χ2v) is 7.05. The number of methoxy groups -OCH3 is 2. The molecule has 2 fully saturated rings. The molecular weight excluding hydrogens is 322 g/mol. The minimum absolute atomic E-state index is 0.0142. The molecule has 1 aromatic rings. The van der Waals surface area contributed by atoms with E-state index in [0.717, 1.165) is 6.42 Å². The number of rotatable bonds is 5. The third kappa shape index (κ3) is 2.47. The first-order valence-corrected chi connectivity index (χ1v) is 8.49. The van der Waals surface area contributed by atoms with E-state index >= 15 is 0 Å². The van der Waals surface area contributed by atoms with Crippen LogP contribution in [0.3, 0.4) is 0 Å². The molecule has 0 heterocycles. The largest absolute Gasteiger partial charge is 0.497 e. The molecule has 0 aliphatic heterocycles. The highest BCUT2D eigenvalue weighted by Crippen LogP contribution is 2.63. The summed E-state index contributed by atoms with van der Waals surface area (Å²) in [6.07, 6.45) is 5.09. The second kappa shape index (κ2) is 5.79. The minimum Gasteiger partial charge on any atom is -0.497 e. The van der Waals surface area contributed by atoms with Crippen molar-refractivity contribution >= 4 is 17.6 Å². The number of nitrogens with one attached hydrogen (secondary N) is 1. The quantitative estimate of drug-likeness (QED) is 0.802. The molecule has 0 radical (unpaired) electrons. The zero-order chi connectivity index (χ0) is 17.7. The molecule has 2 saturated carbocycles. The fourth-order valence-electron chi connectivity index (χ4n) is 4.69. The predicted molar refractivity (Wildman–Crippen MR) is 90.5 cm³/mol. The molecule has 6 nitrogen and oxygen atoms in total. The molecule has 4 aliphatic rings. The number of allylic oxidation sites excluding steroid dienone is 2. The lowest BCUT2D eigenvalue weighted by atomic mass is 9.62. The lowest BCUT2D eigenvalue weighted by Gasteiger charge is -2.41. The number of ether oxygens (including phenoxy) is 2. The normalized spacial score (nSPS) is 34.2. The molecule has 0 saturated heterocycles. The number of fused-ring (bicyclic) bond motifs is 1. The average Bonchev–Trinajstić information content (AvgIpc) is 3.43. The number of hydrogen-bond acceptors (Lipinski definition) is 4. The first-order chi connectivity index (χ1) is 12.0. The number of carboxylic acids is 1. The van der Waals surface area contributed by atoms with Crippen LogP contribution in [0.25, 0.3) is 0 Å². The number of carbonyl (C=O) groups is 2. The summed E-state index contributed by atoms with van der Waals surface area (Å²) in [5, 5.41) is 12.6. The van der Waals surface area contributed by atoms with E-state index in [0.29, 0.717) is 29.0 Å². The monoisotopic (exact) mass is 343 g/mol. The third-order valence-electron chi connectivity index (χ3n) is 5.91. The Labute approximate surface area is 145 Å². The maximum atomic E-state index is 13.0. The Morgan fingerprint density at radius 1 is 1.08 bits per heavy atom. The van der Waals surface area contributed by atoms with Crippen LogP contribution < -0.4 is 14.8 Å². The summed E-state index contributed by atoms with van der Waals surface area (Å²) in [5.74, 6) is -0.326. The number of carbonyl (C=O) groups excluding carboxylic acids is 1. The highest BCUT2D eigenvalue weighted by atomic mass is 16.5. The third-order valence-corrected chi connectivity index (χ3v) is 5.91. The molecule has 0 spiro atoms. The molecule has 6 atom stereocenters. The van der Waals surface area contributed by atoms with Crippen LogP contribution in [-0.2, 0) is 9.59 Å².